The molecule has 2 aromatic rings. The van der Waals surface area contributed by atoms with Crippen molar-refractivity contribution in [1.29, 1.82) is 0 Å². The summed E-state index contributed by atoms with van der Waals surface area (Å²) in [4.78, 5) is 47.4. The van der Waals surface area contributed by atoms with Gasteiger partial charge in [0.25, 0.3) is 5.91 Å². The molecule has 2 aromatic carbocycles. The van der Waals surface area contributed by atoms with E-state index in [1.165, 1.54) is 0 Å². The van der Waals surface area contributed by atoms with Crippen LogP contribution in [0.5, 0.6) is 0 Å². The monoisotopic (exact) mass is 425 g/mol. The fourth-order valence-corrected chi connectivity index (χ4v) is 3.00. The molecule has 0 fully saturated rings. The average Bonchev–Trinajstić information content (AvgIpc) is 2.72. The zero-order valence-corrected chi connectivity index (χ0v) is 17.9. The van der Waals surface area contributed by atoms with Gasteiger partial charge in [-0.15, -0.1) is 0 Å². The summed E-state index contributed by atoms with van der Waals surface area (Å²) in [7, 11) is 0. The van der Waals surface area contributed by atoms with Crippen molar-refractivity contribution in [3.05, 3.63) is 64.7 Å². The molecule has 3 N–H and O–H groups in total. The lowest BCUT2D eigenvalue weighted by Crippen LogP contribution is -2.37. The van der Waals surface area contributed by atoms with E-state index in [1.54, 1.807) is 12.1 Å². The van der Waals surface area contributed by atoms with Gasteiger partial charge in [-0.25, -0.2) is 0 Å². The molecule has 0 aliphatic rings. The Kier molecular flexibility index (Phi) is 8.75. The van der Waals surface area contributed by atoms with Gasteiger partial charge in [-0.05, 0) is 37.5 Å². The molecule has 0 atom stereocenters. The molecule has 0 aromatic heterocycles. The normalized spacial score (nSPS) is 10.2. The van der Waals surface area contributed by atoms with Crippen molar-refractivity contribution < 1.29 is 23.9 Å². The fourth-order valence-electron chi connectivity index (χ4n) is 3.00. The van der Waals surface area contributed by atoms with Gasteiger partial charge in [0.15, 0.2) is 6.61 Å². The van der Waals surface area contributed by atoms with Crippen molar-refractivity contribution >= 4 is 29.4 Å². The van der Waals surface area contributed by atoms with E-state index < -0.39 is 18.5 Å². The van der Waals surface area contributed by atoms with E-state index in [4.69, 9.17) is 4.74 Å². The number of aryl methyl sites for hydroxylation is 3. The molecule has 0 saturated heterocycles. The summed E-state index contributed by atoms with van der Waals surface area (Å²) >= 11 is 0. The molecule has 0 spiro atoms. The summed E-state index contributed by atoms with van der Waals surface area (Å²) in [5.74, 6) is -2.07. The maximum Gasteiger partial charge on any atom is 0.325 e. The van der Waals surface area contributed by atoms with Gasteiger partial charge in [0, 0.05) is 5.69 Å². The first-order chi connectivity index (χ1) is 14.7. The van der Waals surface area contributed by atoms with Gasteiger partial charge in [0.2, 0.25) is 11.8 Å². The quantitative estimate of drug-likeness (QED) is 0.528. The lowest BCUT2D eigenvalue weighted by atomic mass is 10.1. The molecule has 0 bridgehead atoms. The Morgan fingerprint density at radius 2 is 1.42 bits per heavy atom. The highest BCUT2D eigenvalue weighted by atomic mass is 16.5. The minimum absolute atomic E-state index is 0.143. The van der Waals surface area contributed by atoms with E-state index in [1.807, 2.05) is 51.1 Å². The Hall–Kier alpha value is -3.68. The van der Waals surface area contributed by atoms with Crippen LogP contribution in [0.3, 0.4) is 0 Å². The largest absolute Gasteiger partial charge is 0.454 e. The third kappa shape index (κ3) is 8.30. The number of carbonyl (C=O) groups is 4. The van der Waals surface area contributed by atoms with Crippen LogP contribution in [-0.2, 0) is 30.3 Å². The Morgan fingerprint density at radius 3 is 2.06 bits per heavy atom. The maximum atomic E-state index is 12.1. The predicted octanol–water partition coefficient (Wildman–Crippen LogP) is 1.57. The molecule has 31 heavy (non-hydrogen) atoms. The van der Waals surface area contributed by atoms with Gasteiger partial charge in [-0.3, -0.25) is 19.2 Å². The van der Waals surface area contributed by atoms with E-state index in [2.05, 4.69) is 16.0 Å². The van der Waals surface area contributed by atoms with Crippen LogP contribution in [0, 0.1) is 20.8 Å². The topological polar surface area (TPSA) is 114 Å². The molecule has 0 heterocycles. The molecule has 2 rings (SSSR count). The summed E-state index contributed by atoms with van der Waals surface area (Å²) in [6, 6.07) is 13.0. The average molecular weight is 425 g/mol. The first-order valence-corrected chi connectivity index (χ1v) is 9.85. The van der Waals surface area contributed by atoms with Crippen LogP contribution in [-0.4, -0.2) is 43.4 Å². The van der Waals surface area contributed by atoms with E-state index in [-0.39, 0.29) is 31.3 Å². The molecule has 0 saturated carbocycles. The van der Waals surface area contributed by atoms with Gasteiger partial charge < -0.3 is 20.7 Å². The standard InChI is InChI=1S/C23H27N3O5/c1-15-9-16(2)23(17(3)10-15)26-20(28)12-24-21(29)14-31-22(30)13-25-19(27)11-18-7-5-4-6-8-18/h4-10H,11-14H2,1-3H3,(H,24,29)(H,25,27)(H,26,28). The van der Waals surface area contributed by atoms with Crippen LogP contribution in [0.1, 0.15) is 22.3 Å². The van der Waals surface area contributed by atoms with E-state index in [0.717, 1.165) is 22.3 Å². The van der Waals surface area contributed by atoms with Gasteiger partial charge in [0.1, 0.15) is 6.54 Å². The lowest BCUT2D eigenvalue weighted by Gasteiger charge is -2.13. The van der Waals surface area contributed by atoms with Crippen molar-refractivity contribution in [2.45, 2.75) is 27.2 Å². The van der Waals surface area contributed by atoms with Crippen LogP contribution in [0.4, 0.5) is 5.69 Å². The highest BCUT2D eigenvalue weighted by molar-refractivity contribution is 5.96. The predicted molar refractivity (Wildman–Crippen MR) is 116 cm³/mol. The lowest BCUT2D eigenvalue weighted by molar-refractivity contribution is -0.148. The van der Waals surface area contributed by atoms with Crippen LogP contribution in [0.2, 0.25) is 0 Å². The fraction of sp³-hybridized carbons (Fsp3) is 0.304. The molecule has 0 radical (unpaired) electrons. The first-order valence-electron chi connectivity index (χ1n) is 9.85. The summed E-state index contributed by atoms with van der Waals surface area (Å²) in [6.07, 6.45) is 0.143. The molecule has 3 amide bonds. The van der Waals surface area contributed by atoms with E-state index >= 15 is 0 Å². The number of nitrogens with one attached hydrogen (secondary N) is 3. The highest BCUT2D eigenvalue weighted by Gasteiger charge is 2.12. The van der Waals surface area contributed by atoms with E-state index in [0.29, 0.717) is 5.69 Å². The number of benzene rings is 2. The molecular weight excluding hydrogens is 398 g/mol. The number of rotatable bonds is 9. The molecule has 8 heteroatoms. The Bertz CT molecular complexity index is 934. The molecule has 0 aliphatic carbocycles. The van der Waals surface area contributed by atoms with Crippen LogP contribution in [0.25, 0.3) is 0 Å². The van der Waals surface area contributed by atoms with Crippen molar-refractivity contribution in [3.8, 4) is 0 Å². The number of anilines is 1. The highest BCUT2D eigenvalue weighted by Crippen LogP contribution is 2.21. The Labute approximate surface area is 181 Å². The zero-order valence-electron chi connectivity index (χ0n) is 17.9. The number of carbonyl (C=O) groups excluding carboxylic acids is 4. The molecule has 164 valence electrons. The summed E-state index contributed by atoms with van der Waals surface area (Å²) in [5, 5.41) is 7.60. The first kappa shape index (κ1) is 23.6. The second kappa shape index (κ2) is 11.5. The minimum atomic E-state index is -0.744. The van der Waals surface area contributed by atoms with Gasteiger partial charge in [-0.2, -0.15) is 0 Å². The smallest absolute Gasteiger partial charge is 0.325 e. The Balaban J connectivity index is 1.65. The molecule has 8 nitrogen and oxygen atoms in total. The SMILES string of the molecule is Cc1cc(C)c(NC(=O)CNC(=O)COC(=O)CNC(=O)Cc2ccccc2)c(C)c1. The van der Waals surface area contributed by atoms with Crippen LogP contribution >= 0.6 is 0 Å². The van der Waals surface area contributed by atoms with Gasteiger partial charge in [-0.1, -0.05) is 48.0 Å². The van der Waals surface area contributed by atoms with Gasteiger partial charge in [0.05, 0.1) is 13.0 Å². The third-order valence-corrected chi connectivity index (χ3v) is 4.39. The van der Waals surface area contributed by atoms with Crippen molar-refractivity contribution in [3.63, 3.8) is 0 Å². The third-order valence-electron chi connectivity index (χ3n) is 4.39. The summed E-state index contributed by atoms with van der Waals surface area (Å²) in [5.41, 5.74) is 4.49. The number of esters is 1. The zero-order chi connectivity index (χ0) is 22.8. The minimum Gasteiger partial charge on any atom is -0.454 e. The molecule has 0 unspecified atom stereocenters. The number of ether oxygens (including phenoxy) is 1. The van der Waals surface area contributed by atoms with Gasteiger partial charge >= 0.3 is 5.97 Å². The molecule has 0 aliphatic heterocycles. The maximum absolute atomic E-state index is 12.1. The summed E-state index contributed by atoms with van der Waals surface area (Å²) in [6.45, 7) is 4.63. The van der Waals surface area contributed by atoms with E-state index in [9.17, 15) is 19.2 Å². The number of hydrogen-bond donors (Lipinski definition) is 3. The second-order valence-corrected chi connectivity index (χ2v) is 7.20. The number of hydrogen-bond acceptors (Lipinski definition) is 5. The van der Waals surface area contributed by atoms with Crippen molar-refractivity contribution in [1.82, 2.24) is 10.6 Å². The number of amides is 3. The van der Waals surface area contributed by atoms with Crippen molar-refractivity contribution in [2.24, 2.45) is 0 Å². The Morgan fingerprint density at radius 1 is 0.806 bits per heavy atom. The molecular formula is C23H27N3O5. The summed E-state index contributed by atoms with van der Waals surface area (Å²) < 4.78 is 4.81. The van der Waals surface area contributed by atoms with Crippen LogP contribution < -0.4 is 16.0 Å². The van der Waals surface area contributed by atoms with Crippen molar-refractivity contribution in [2.75, 3.05) is 25.0 Å². The second-order valence-electron chi connectivity index (χ2n) is 7.20. The van der Waals surface area contributed by atoms with Crippen LogP contribution in [0.15, 0.2) is 42.5 Å².